The number of sulfonamides is 1. The topological polar surface area (TPSA) is 79.6 Å². The molecule has 10 heteroatoms. The number of hydrogen-bond donors (Lipinski definition) is 1. The minimum Gasteiger partial charge on any atom is -0.467 e. The minimum atomic E-state index is -4.69. The van der Waals surface area contributed by atoms with Crippen molar-refractivity contribution in [3.8, 4) is 0 Å². The summed E-state index contributed by atoms with van der Waals surface area (Å²) in [6.45, 7) is 4.25. The highest BCUT2D eigenvalue weighted by atomic mass is 32.2. The number of alkyl halides is 3. The summed E-state index contributed by atoms with van der Waals surface area (Å²) in [5.41, 5.74) is -1.09. The van der Waals surface area contributed by atoms with Crippen molar-refractivity contribution in [1.29, 1.82) is 0 Å². The molecule has 6 nitrogen and oxygen atoms in total. The molecular weight excluding hydrogens is 397 g/mol. The summed E-state index contributed by atoms with van der Waals surface area (Å²) >= 11 is 0. The molecule has 0 aliphatic heterocycles. The second-order valence-corrected chi connectivity index (χ2v) is 7.85. The summed E-state index contributed by atoms with van der Waals surface area (Å²) < 4.78 is 70.1. The van der Waals surface area contributed by atoms with Gasteiger partial charge in [-0.3, -0.25) is 4.79 Å². The average molecular weight is 416 g/mol. The number of rotatable bonds is 8. The number of nitrogens with zero attached hydrogens (tertiary/aromatic N) is 1. The van der Waals surface area contributed by atoms with Gasteiger partial charge < -0.3 is 9.73 Å². The molecule has 0 aliphatic carbocycles. The molecule has 0 aliphatic rings. The molecular formula is C18H19F3N2O4S. The molecule has 0 saturated heterocycles. The Morgan fingerprint density at radius 1 is 1.32 bits per heavy atom. The first-order valence-corrected chi connectivity index (χ1v) is 9.60. The third-order valence-corrected chi connectivity index (χ3v) is 5.61. The fraction of sp³-hybridized carbons (Fsp3) is 0.278. The Kier molecular flexibility index (Phi) is 6.68. The Morgan fingerprint density at radius 3 is 2.61 bits per heavy atom. The molecule has 1 atom stereocenters. The Labute approximate surface area is 160 Å². The number of halogens is 3. The summed E-state index contributed by atoms with van der Waals surface area (Å²) in [4.78, 5) is 11.7. The normalized spacial score (nSPS) is 13.3. The summed E-state index contributed by atoms with van der Waals surface area (Å²) in [6, 6.07) is 6.13. The van der Waals surface area contributed by atoms with E-state index < -0.39 is 45.2 Å². The van der Waals surface area contributed by atoms with Crippen LogP contribution in [0.5, 0.6) is 0 Å². The van der Waals surface area contributed by atoms with E-state index in [-0.39, 0.29) is 6.54 Å². The van der Waals surface area contributed by atoms with Crippen molar-refractivity contribution in [3.05, 3.63) is 66.6 Å². The smallest absolute Gasteiger partial charge is 0.416 e. The zero-order valence-corrected chi connectivity index (χ0v) is 15.8. The maximum absolute atomic E-state index is 12.9. The van der Waals surface area contributed by atoms with Crippen LogP contribution in [0.2, 0.25) is 0 Å². The van der Waals surface area contributed by atoms with E-state index >= 15 is 0 Å². The van der Waals surface area contributed by atoms with Gasteiger partial charge >= 0.3 is 6.18 Å². The van der Waals surface area contributed by atoms with Crippen LogP contribution in [0.1, 0.15) is 24.3 Å². The molecule has 28 heavy (non-hydrogen) atoms. The maximum Gasteiger partial charge on any atom is 0.416 e. The predicted molar refractivity (Wildman–Crippen MR) is 95.7 cm³/mol. The molecule has 2 aromatic rings. The molecule has 1 unspecified atom stereocenters. The van der Waals surface area contributed by atoms with Gasteiger partial charge in [0, 0.05) is 6.54 Å². The summed E-state index contributed by atoms with van der Waals surface area (Å²) in [7, 11) is -4.35. The van der Waals surface area contributed by atoms with Crippen molar-refractivity contribution in [2.75, 3.05) is 13.1 Å². The summed E-state index contributed by atoms with van der Waals surface area (Å²) in [6.07, 6.45) is -2.01. The van der Waals surface area contributed by atoms with Crippen LogP contribution in [0.25, 0.3) is 0 Å². The lowest BCUT2D eigenvalue weighted by Gasteiger charge is -2.22. The molecule has 1 N–H and O–H groups in total. The zero-order valence-electron chi connectivity index (χ0n) is 14.9. The van der Waals surface area contributed by atoms with Crippen molar-refractivity contribution >= 4 is 15.9 Å². The van der Waals surface area contributed by atoms with Crippen molar-refractivity contribution in [2.24, 2.45) is 0 Å². The first-order valence-electron chi connectivity index (χ1n) is 8.16. The van der Waals surface area contributed by atoms with Crippen molar-refractivity contribution < 1.29 is 30.8 Å². The van der Waals surface area contributed by atoms with Crippen LogP contribution in [0, 0.1) is 0 Å². The van der Waals surface area contributed by atoms with Crippen LogP contribution in [-0.2, 0) is 21.0 Å². The third-order valence-electron chi connectivity index (χ3n) is 3.80. The van der Waals surface area contributed by atoms with Gasteiger partial charge in [-0.05, 0) is 37.3 Å². The maximum atomic E-state index is 12.9. The highest BCUT2D eigenvalue weighted by molar-refractivity contribution is 7.89. The number of amides is 1. The van der Waals surface area contributed by atoms with E-state index in [2.05, 4.69) is 11.9 Å². The van der Waals surface area contributed by atoms with E-state index in [0.29, 0.717) is 11.8 Å². The fourth-order valence-corrected chi connectivity index (χ4v) is 3.84. The summed E-state index contributed by atoms with van der Waals surface area (Å²) in [5, 5.41) is 2.58. The lowest BCUT2D eigenvalue weighted by molar-refractivity contribution is -0.137. The van der Waals surface area contributed by atoms with E-state index in [1.165, 1.54) is 12.3 Å². The van der Waals surface area contributed by atoms with Gasteiger partial charge in [-0.15, -0.1) is 6.58 Å². The van der Waals surface area contributed by atoms with E-state index in [4.69, 9.17) is 4.42 Å². The largest absolute Gasteiger partial charge is 0.467 e. The molecule has 1 amide bonds. The standard InChI is InChI=1S/C18H19F3N2O4S/c1-3-9-23(12-17(24)22-13(2)16-8-5-10-27-16)28(25,26)15-7-4-6-14(11-15)18(19,20)21/h3-8,10-11,13H,1,9,12H2,2H3,(H,22,24). The molecule has 152 valence electrons. The van der Waals surface area contributed by atoms with Crippen LogP contribution in [0.4, 0.5) is 13.2 Å². The SMILES string of the molecule is C=CCN(CC(=O)NC(C)c1ccco1)S(=O)(=O)c1cccc(C(F)(F)F)c1. The van der Waals surface area contributed by atoms with E-state index in [1.54, 1.807) is 19.1 Å². The average Bonchev–Trinajstić information content (AvgIpc) is 3.15. The lowest BCUT2D eigenvalue weighted by atomic mass is 10.2. The first-order chi connectivity index (χ1) is 13.1. The van der Waals surface area contributed by atoms with Crippen LogP contribution >= 0.6 is 0 Å². The highest BCUT2D eigenvalue weighted by Crippen LogP contribution is 2.31. The number of carbonyl (C=O) groups is 1. The van der Waals surface area contributed by atoms with Crippen LogP contribution in [-0.4, -0.2) is 31.7 Å². The van der Waals surface area contributed by atoms with Gasteiger partial charge in [0.2, 0.25) is 15.9 Å². The first kappa shape index (κ1) is 21.7. The predicted octanol–water partition coefficient (Wildman–Crippen LogP) is 3.35. The van der Waals surface area contributed by atoms with E-state index in [9.17, 15) is 26.4 Å². The molecule has 0 fully saturated rings. The van der Waals surface area contributed by atoms with Gasteiger partial charge in [0.1, 0.15) is 5.76 Å². The Bertz CT molecular complexity index is 925. The van der Waals surface area contributed by atoms with Crippen LogP contribution in [0.3, 0.4) is 0 Å². The molecule has 0 saturated carbocycles. The molecule has 1 aromatic carbocycles. The number of carbonyl (C=O) groups excluding carboxylic acids is 1. The number of benzene rings is 1. The van der Waals surface area contributed by atoms with Crippen molar-refractivity contribution in [3.63, 3.8) is 0 Å². The van der Waals surface area contributed by atoms with Gasteiger partial charge in [0.25, 0.3) is 0 Å². The fourth-order valence-electron chi connectivity index (χ4n) is 2.43. The molecule has 2 rings (SSSR count). The molecule has 1 heterocycles. The van der Waals surface area contributed by atoms with Gasteiger partial charge in [0.15, 0.2) is 0 Å². The Balaban J connectivity index is 2.22. The van der Waals surface area contributed by atoms with Gasteiger partial charge in [0.05, 0.1) is 29.3 Å². The molecule has 0 radical (unpaired) electrons. The molecule has 0 bridgehead atoms. The van der Waals surface area contributed by atoms with Crippen LogP contribution in [0.15, 0.2) is 64.6 Å². The van der Waals surface area contributed by atoms with E-state index in [1.807, 2.05) is 0 Å². The highest BCUT2D eigenvalue weighted by Gasteiger charge is 2.33. The van der Waals surface area contributed by atoms with Gasteiger partial charge in [-0.25, -0.2) is 8.42 Å². The second kappa shape index (κ2) is 8.61. The van der Waals surface area contributed by atoms with Gasteiger partial charge in [-0.1, -0.05) is 12.1 Å². The number of furan rings is 1. The lowest BCUT2D eigenvalue weighted by Crippen LogP contribution is -2.41. The quantitative estimate of drug-likeness (QED) is 0.670. The summed E-state index contributed by atoms with van der Waals surface area (Å²) in [5.74, 6) is -0.161. The zero-order chi connectivity index (χ0) is 20.9. The monoisotopic (exact) mass is 416 g/mol. The minimum absolute atomic E-state index is 0.249. The second-order valence-electron chi connectivity index (χ2n) is 5.92. The molecule has 1 aromatic heterocycles. The van der Waals surface area contributed by atoms with Crippen LogP contribution < -0.4 is 5.32 Å². The Morgan fingerprint density at radius 2 is 2.04 bits per heavy atom. The number of nitrogens with one attached hydrogen (secondary N) is 1. The Hall–Kier alpha value is -2.59. The van der Waals surface area contributed by atoms with Gasteiger partial charge in [-0.2, -0.15) is 17.5 Å². The van der Waals surface area contributed by atoms with E-state index in [0.717, 1.165) is 22.5 Å². The molecule has 0 spiro atoms. The van der Waals surface area contributed by atoms with Crippen molar-refractivity contribution in [2.45, 2.75) is 24.0 Å². The number of hydrogen-bond acceptors (Lipinski definition) is 4. The van der Waals surface area contributed by atoms with Crippen molar-refractivity contribution in [1.82, 2.24) is 9.62 Å². The third kappa shape index (κ3) is 5.23.